The van der Waals surface area contributed by atoms with E-state index >= 15 is 0 Å². The SMILES string of the molecule is CC1CCCC(C)N1C(=O)CSc1nc2sc3c(c2c(=O)n1CC1CCCO1)CCCC3. The maximum absolute atomic E-state index is 13.7. The Morgan fingerprint density at radius 3 is 2.66 bits per heavy atom. The van der Waals surface area contributed by atoms with Gasteiger partial charge in [0.25, 0.3) is 5.56 Å². The average Bonchev–Trinajstić information content (AvgIpc) is 3.41. The molecular formula is C24H33N3O3S2. The molecule has 2 saturated heterocycles. The minimum Gasteiger partial charge on any atom is -0.376 e. The monoisotopic (exact) mass is 475 g/mol. The second-order valence-electron chi connectivity index (χ2n) is 9.55. The number of carbonyl (C=O) groups is 1. The van der Waals surface area contributed by atoms with Crippen LogP contribution in [-0.4, -0.2) is 50.9 Å². The van der Waals surface area contributed by atoms with Gasteiger partial charge in [0.15, 0.2) is 5.16 Å². The molecular weight excluding hydrogens is 442 g/mol. The molecule has 0 radical (unpaired) electrons. The zero-order valence-electron chi connectivity index (χ0n) is 19.1. The molecule has 2 aliphatic heterocycles. The Kier molecular flexibility index (Phi) is 6.63. The Balaban J connectivity index is 1.46. The molecule has 6 nitrogen and oxygen atoms in total. The molecule has 2 aromatic heterocycles. The highest BCUT2D eigenvalue weighted by atomic mass is 32.2. The highest BCUT2D eigenvalue weighted by Crippen LogP contribution is 2.35. The van der Waals surface area contributed by atoms with Gasteiger partial charge < -0.3 is 9.64 Å². The zero-order valence-corrected chi connectivity index (χ0v) is 20.7. The third-order valence-electron chi connectivity index (χ3n) is 7.26. The van der Waals surface area contributed by atoms with Crippen LogP contribution in [0.15, 0.2) is 9.95 Å². The summed E-state index contributed by atoms with van der Waals surface area (Å²) in [5.41, 5.74) is 1.28. The van der Waals surface area contributed by atoms with Gasteiger partial charge in [-0.2, -0.15) is 0 Å². The lowest BCUT2D eigenvalue weighted by Crippen LogP contribution is -2.48. The number of amides is 1. The molecule has 0 N–H and O–H groups in total. The molecule has 2 fully saturated rings. The summed E-state index contributed by atoms with van der Waals surface area (Å²) in [6.07, 6.45) is 9.72. The van der Waals surface area contributed by atoms with Crippen molar-refractivity contribution >= 4 is 39.2 Å². The number of thioether (sulfide) groups is 1. The molecule has 8 heteroatoms. The third-order valence-corrected chi connectivity index (χ3v) is 9.40. The predicted molar refractivity (Wildman–Crippen MR) is 130 cm³/mol. The number of aromatic nitrogens is 2. The first-order chi connectivity index (χ1) is 15.5. The molecule has 1 aliphatic carbocycles. The van der Waals surface area contributed by atoms with Crippen LogP contribution < -0.4 is 5.56 Å². The number of fused-ring (bicyclic) bond motifs is 3. The van der Waals surface area contributed by atoms with Crippen molar-refractivity contribution in [3.63, 3.8) is 0 Å². The summed E-state index contributed by atoms with van der Waals surface area (Å²) < 4.78 is 7.66. The van der Waals surface area contributed by atoms with Gasteiger partial charge in [-0.05, 0) is 77.2 Å². The number of ether oxygens (including phenoxy) is 1. The Labute approximate surface area is 197 Å². The molecule has 5 rings (SSSR count). The zero-order chi connectivity index (χ0) is 22.2. The van der Waals surface area contributed by atoms with E-state index in [4.69, 9.17) is 9.72 Å². The van der Waals surface area contributed by atoms with Crippen molar-refractivity contribution in [3.8, 4) is 0 Å². The lowest BCUT2D eigenvalue weighted by atomic mass is 9.97. The van der Waals surface area contributed by atoms with Crippen LogP contribution in [0.4, 0.5) is 0 Å². The molecule has 1 amide bonds. The molecule has 3 atom stereocenters. The van der Waals surface area contributed by atoms with Crippen molar-refractivity contribution < 1.29 is 9.53 Å². The minimum absolute atomic E-state index is 0.0543. The largest absolute Gasteiger partial charge is 0.376 e. The minimum atomic E-state index is 0.0543. The number of piperidine rings is 1. The number of rotatable bonds is 5. The second-order valence-corrected chi connectivity index (χ2v) is 11.6. The summed E-state index contributed by atoms with van der Waals surface area (Å²) in [6.45, 7) is 5.58. The van der Waals surface area contributed by atoms with Gasteiger partial charge in [0.1, 0.15) is 4.83 Å². The molecule has 0 saturated carbocycles. The van der Waals surface area contributed by atoms with E-state index in [1.54, 1.807) is 15.9 Å². The highest BCUT2D eigenvalue weighted by Gasteiger charge is 2.30. The van der Waals surface area contributed by atoms with Crippen molar-refractivity contribution in [2.24, 2.45) is 0 Å². The molecule has 2 aromatic rings. The number of hydrogen-bond acceptors (Lipinski definition) is 6. The van der Waals surface area contributed by atoms with E-state index in [1.807, 2.05) is 4.90 Å². The average molecular weight is 476 g/mol. The first-order valence-electron chi connectivity index (χ1n) is 12.1. The number of aryl methyl sites for hydroxylation is 2. The predicted octanol–water partition coefficient (Wildman–Crippen LogP) is 4.40. The van der Waals surface area contributed by atoms with Crippen LogP contribution in [0.1, 0.15) is 69.2 Å². The van der Waals surface area contributed by atoms with Gasteiger partial charge in [0.05, 0.1) is 23.8 Å². The van der Waals surface area contributed by atoms with Crippen molar-refractivity contribution in [2.45, 2.75) is 102 Å². The van der Waals surface area contributed by atoms with Crippen LogP contribution in [0.5, 0.6) is 0 Å². The summed E-state index contributed by atoms with van der Waals surface area (Å²) in [5, 5.41) is 1.49. The Morgan fingerprint density at radius 1 is 1.12 bits per heavy atom. The number of likely N-dealkylation sites (tertiary alicyclic amines) is 1. The van der Waals surface area contributed by atoms with Crippen LogP contribution in [0.3, 0.4) is 0 Å². The van der Waals surface area contributed by atoms with Crippen molar-refractivity contribution in [1.82, 2.24) is 14.5 Å². The molecule has 0 spiro atoms. The lowest BCUT2D eigenvalue weighted by Gasteiger charge is -2.39. The van der Waals surface area contributed by atoms with E-state index < -0.39 is 0 Å². The van der Waals surface area contributed by atoms with Crippen molar-refractivity contribution in [1.29, 1.82) is 0 Å². The molecule has 4 heterocycles. The van der Waals surface area contributed by atoms with Crippen molar-refractivity contribution in [2.75, 3.05) is 12.4 Å². The van der Waals surface area contributed by atoms with E-state index in [2.05, 4.69) is 13.8 Å². The summed E-state index contributed by atoms with van der Waals surface area (Å²) >= 11 is 3.10. The quantitative estimate of drug-likeness (QED) is 0.474. The number of thiophene rings is 1. The van der Waals surface area contributed by atoms with E-state index in [0.717, 1.165) is 61.8 Å². The smallest absolute Gasteiger partial charge is 0.263 e. The van der Waals surface area contributed by atoms with Gasteiger partial charge in [0, 0.05) is 23.6 Å². The third kappa shape index (κ3) is 4.26. The summed E-state index contributed by atoms with van der Waals surface area (Å²) in [6, 6.07) is 0.556. The van der Waals surface area contributed by atoms with Crippen LogP contribution in [0.25, 0.3) is 10.2 Å². The van der Waals surface area contributed by atoms with Crippen LogP contribution in [0.2, 0.25) is 0 Å². The second kappa shape index (κ2) is 9.47. The van der Waals surface area contributed by atoms with Gasteiger partial charge in [-0.1, -0.05) is 11.8 Å². The standard InChI is InChI=1S/C24H33N3O3S2/c1-15-7-5-8-16(2)27(15)20(28)14-31-24-25-22-21(18-10-3-4-11-19(18)32-22)23(29)26(24)13-17-9-6-12-30-17/h15-17H,3-14H2,1-2H3. The van der Waals surface area contributed by atoms with Crippen LogP contribution in [-0.2, 0) is 28.9 Å². The van der Waals surface area contributed by atoms with Crippen LogP contribution >= 0.6 is 23.1 Å². The molecule has 3 unspecified atom stereocenters. The fourth-order valence-electron chi connectivity index (χ4n) is 5.60. The Bertz CT molecular complexity index is 1050. The van der Waals surface area contributed by atoms with Gasteiger partial charge in [-0.3, -0.25) is 14.2 Å². The fourth-order valence-corrected chi connectivity index (χ4v) is 7.78. The van der Waals surface area contributed by atoms with Gasteiger partial charge in [0.2, 0.25) is 5.91 Å². The first-order valence-corrected chi connectivity index (χ1v) is 13.9. The number of hydrogen-bond donors (Lipinski definition) is 0. The van der Waals surface area contributed by atoms with E-state index in [0.29, 0.717) is 17.5 Å². The maximum atomic E-state index is 13.7. The normalized spacial score (nSPS) is 25.9. The number of carbonyl (C=O) groups excluding carboxylic acids is 1. The first kappa shape index (κ1) is 22.4. The summed E-state index contributed by atoms with van der Waals surface area (Å²) in [5.74, 6) is 0.474. The van der Waals surface area contributed by atoms with Gasteiger partial charge in [-0.15, -0.1) is 11.3 Å². The molecule has 174 valence electrons. The Morgan fingerprint density at radius 2 is 1.91 bits per heavy atom. The summed E-state index contributed by atoms with van der Waals surface area (Å²) in [7, 11) is 0. The molecule has 3 aliphatic rings. The van der Waals surface area contributed by atoms with Gasteiger partial charge >= 0.3 is 0 Å². The molecule has 0 bridgehead atoms. The summed E-state index contributed by atoms with van der Waals surface area (Å²) in [4.78, 5) is 36.0. The fraction of sp³-hybridized carbons (Fsp3) is 0.708. The maximum Gasteiger partial charge on any atom is 0.263 e. The van der Waals surface area contributed by atoms with Gasteiger partial charge in [-0.25, -0.2) is 4.98 Å². The van der Waals surface area contributed by atoms with E-state index in [1.165, 1.54) is 35.0 Å². The van der Waals surface area contributed by atoms with Crippen molar-refractivity contribution in [3.05, 3.63) is 20.8 Å². The van der Waals surface area contributed by atoms with E-state index in [-0.39, 0.29) is 29.7 Å². The topological polar surface area (TPSA) is 64.4 Å². The van der Waals surface area contributed by atoms with E-state index in [9.17, 15) is 9.59 Å². The molecule has 32 heavy (non-hydrogen) atoms. The number of nitrogens with zero attached hydrogens (tertiary/aromatic N) is 3. The Hall–Kier alpha value is -1.38. The lowest BCUT2D eigenvalue weighted by molar-refractivity contribution is -0.134. The van der Waals surface area contributed by atoms with Crippen LogP contribution in [0, 0.1) is 0 Å². The molecule has 0 aromatic carbocycles. The highest BCUT2D eigenvalue weighted by molar-refractivity contribution is 7.99.